The van der Waals surface area contributed by atoms with Gasteiger partial charge in [0.25, 0.3) is 5.91 Å². The van der Waals surface area contributed by atoms with Crippen LogP contribution in [0.1, 0.15) is 47.8 Å². The maximum absolute atomic E-state index is 11.9. The second-order valence-corrected chi connectivity index (χ2v) is 5.22. The first-order chi connectivity index (χ1) is 8.74. The summed E-state index contributed by atoms with van der Waals surface area (Å²) < 4.78 is 5.53. The highest BCUT2D eigenvalue weighted by Gasteiger charge is 2.22. The van der Waals surface area contributed by atoms with Crippen LogP contribution in [0.5, 0.6) is 0 Å². The molecule has 1 aliphatic rings. The van der Waals surface area contributed by atoms with Crippen LogP contribution in [0.3, 0.4) is 0 Å². The molecule has 0 aliphatic carbocycles. The third kappa shape index (κ3) is 3.07. The lowest BCUT2D eigenvalue weighted by atomic mass is 10.2. The lowest BCUT2D eigenvalue weighted by Gasteiger charge is -2.12. The fourth-order valence-corrected chi connectivity index (χ4v) is 2.73. The lowest BCUT2D eigenvalue weighted by Crippen LogP contribution is -2.37. The molecule has 0 saturated carbocycles. The lowest BCUT2D eigenvalue weighted by molar-refractivity contribution is 0.0908. The van der Waals surface area contributed by atoms with Crippen LogP contribution in [0.4, 0.5) is 0 Å². The Bertz CT molecular complexity index is 398. The largest absolute Gasteiger partial charge is 0.394 e. The summed E-state index contributed by atoms with van der Waals surface area (Å²) >= 11 is 1.46. The van der Waals surface area contributed by atoms with E-state index in [0.29, 0.717) is 12.1 Å². The van der Waals surface area contributed by atoms with E-state index in [9.17, 15) is 4.79 Å². The highest BCUT2D eigenvalue weighted by Crippen LogP contribution is 2.30. The zero-order valence-corrected chi connectivity index (χ0v) is 11.2. The van der Waals surface area contributed by atoms with E-state index in [4.69, 9.17) is 9.84 Å². The van der Waals surface area contributed by atoms with Crippen molar-refractivity contribution in [3.63, 3.8) is 0 Å². The van der Waals surface area contributed by atoms with Crippen molar-refractivity contribution >= 4 is 17.2 Å². The van der Waals surface area contributed by atoms with Gasteiger partial charge in [-0.1, -0.05) is 6.92 Å². The number of carbonyl (C=O) groups is 1. The Morgan fingerprint density at radius 2 is 2.61 bits per heavy atom. The number of aromatic nitrogens is 1. The third-order valence-electron chi connectivity index (χ3n) is 3.01. The van der Waals surface area contributed by atoms with E-state index >= 15 is 0 Å². The maximum atomic E-state index is 11.9. The number of amides is 1. The molecule has 1 fully saturated rings. The molecular formula is C12H18N2O3S. The summed E-state index contributed by atoms with van der Waals surface area (Å²) in [6.45, 7) is 2.64. The number of ether oxygens (including phenoxy) is 1. The molecule has 0 spiro atoms. The average Bonchev–Trinajstić information content (AvgIpc) is 3.04. The van der Waals surface area contributed by atoms with E-state index in [1.807, 2.05) is 6.92 Å². The van der Waals surface area contributed by atoms with E-state index < -0.39 is 0 Å². The van der Waals surface area contributed by atoms with Crippen LogP contribution in [-0.4, -0.2) is 35.3 Å². The molecular weight excluding hydrogens is 252 g/mol. The smallest absolute Gasteiger partial charge is 0.271 e. The Labute approximate surface area is 110 Å². The highest BCUT2D eigenvalue weighted by molar-refractivity contribution is 7.09. The minimum Gasteiger partial charge on any atom is -0.394 e. The standard InChI is InChI=1S/C12H18N2O3S/c1-2-8(6-15)13-11(16)9-7-18-12(14-9)10-4-3-5-17-10/h7-8,10,15H,2-6H2,1H3,(H,13,16)/t8-,10-/m1/s1. The van der Waals surface area contributed by atoms with Crippen molar-refractivity contribution in [1.29, 1.82) is 0 Å². The molecule has 2 N–H and O–H groups in total. The van der Waals surface area contributed by atoms with Crippen LogP contribution in [0.15, 0.2) is 5.38 Å². The first kappa shape index (κ1) is 13.5. The molecule has 2 rings (SSSR count). The fraction of sp³-hybridized carbons (Fsp3) is 0.667. The van der Waals surface area contributed by atoms with E-state index in [0.717, 1.165) is 24.5 Å². The Kier molecular flexibility index (Phi) is 4.68. The Hall–Kier alpha value is -0.980. The van der Waals surface area contributed by atoms with Gasteiger partial charge in [0.1, 0.15) is 16.8 Å². The fourth-order valence-electron chi connectivity index (χ4n) is 1.85. The van der Waals surface area contributed by atoms with Gasteiger partial charge in [-0.15, -0.1) is 11.3 Å². The summed E-state index contributed by atoms with van der Waals surface area (Å²) in [6, 6.07) is -0.203. The summed E-state index contributed by atoms with van der Waals surface area (Å²) in [7, 11) is 0. The van der Waals surface area contributed by atoms with Crippen LogP contribution >= 0.6 is 11.3 Å². The summed E-state index contributed by atoms with van der Waals surface area (Å²) in [5.41, 5.74) is 0.414. The van der Waals surface area contributed by atoms with Gasteiger partial charge in [0, 0.05) is 12.0 Å². The number of hydrogen-bond acceptors (Lipinski definition) is 5. The molecule has 2 heterocycles. The van der Waals surface area contributed by atoms with Gasteiger partial charge in [0.05, 0.1) is 12.6 Å². The van der Waals surface area contributed by atoms with E-state index in [2.05, 4.69) is 10.3 Å². The average molecular weight is 270 g/mol. The molecule has 0 radical (unpaired) electrons. The Balaban J connectivity index is 1.98. The highest BCUT2D eigenvalue weighted by atomic mass is 32.1. The van der Waals surface area contributed by atoms with Gasteiger partial charge in [0.2, 0.25) is 0 Å². The zero-order chi connectivity index (χ0) is 13.0. The van der Waals surface area contributed by atoms with Gasteiger partial charge in [-0.05, 0) is 19.3 Å². The van der Waals surface area contributed by atoms with E-state index in [-0.39, 0.29) is 24.7 Å². The Morgan fingerprint density at radius 1 is 1.78 bits per heavy atom. The van der Waals surface area contributed by atoms with Crippen LogP contribution in [0.25, 0.3) is 0 Å². The number of nitrogens with one attached hydrogen (secondary N) is 1. The predicted molar refractivity (Wildman–Crippen MR) is 68.7 cm³/mol. The maximum Gasteiger partial charge on any atom is 0.271 e. The van der Waals surface area contributed by atoms with Gasteiger partial charge in [-0.3, -0.25) is 4.79 Å². The van der Waals surface area contributed by atoms with Crippen LogP contribution < -0.4 is 5.32 Å². The summed E-state index contributed by atoms with van der Waals surface area (Å²) in [4.78, 5) is 16.2. The predicted octanol–water partition coefficient (Wildman–Crippen LogP) is 1.50. The number of rotatable bonds is 5. The SMILES string of the molecule is CC[C@H](CO)NC(=O)c1csc([C@H]2CCCO2)n1. The summed E-state index contributed by atoms with van der Waals surface area (Å²) in [5.74, 6) is -0.226. The van der Waals surface area contributed by atoms with E-state index in [1.54, 1.807) is 5.38 Å². The van der Waals surface area contributed by atoms with Crippen molar-refractivity contribution in [1.82, 2.24) is 10.3 Å². The minimum absolute atomic E-state index is 0.0506. The van der Waals surface area contributed by atoms with Gasteiger partial charge < -0.3 is 15.2 Å². The molecule has 2 atom stereocenters. The van der Waals surface area contributed by atoms with Crippen molar-refractivity contribution in [2.45, 2.75) is 38.3 Å². The molecule has 5 nitrogen and oxygen atoms in total. The van der Waals surface area contributed by atoms with Crippen LogP contribution in [0, 0.1) is 0 Å². The molecule has 1 saturated heterocycles. The topological polar surface area (TPSA) is 71.5 Å². The number of hydrogen-bond donors (Lipinski definition) is 2. The van der Waals surface area contributed by atoms with Crippen LogP contribution in [0.2, 0.25) is 0 Å². The number of carbonyl (C=O) groups excluding carboxylic acids is 1. The summed E-state index contributed by atoms with van der Waals surface area (Å²) in [5, 5.41) is 14.4. The van der Waals surface area contributed by atoms with Crippen molar-refractivity contribution in [2.24, 2.45) is 0 Å². The first-order valence-electron chi connectivity index (χ1n) is 6.23. The quantitative estimate of drug-likeness (QED) is 0.850. The van der Waals surface area contributed by atoms with Gasteiger partial charge in [-0.25, -0.2) is 4.98 Å². The van der Waals surface area contributed by atoms with Crippen molar-refractivity contribution in [3.8, 4) is 0 Å². The second-order valence-electron chi connectivity index (χ2n) is 4.33. The van der Waals surface area contributed by atoms with E-state index in [1.165, 1.54) is 11.3 Å². The first-order valence-corrected chi connectivity index (χ1v) is 7.11. The zero-order valence-electron chi connectivity index (χ0n) is 10.4. The Morgan fingerprint density at radius 3 is 3.22 bits per heavy atom. The molecule has 0 unspecified atom stereocenters. The summed E-state index contributed by atoms with van der Waals surface area (Å²) in [6.07, 6.45) is 2.78. The number of aliphatic hydroxyl groups excluding tert-OH is 1. The van der Waals surface area contributed by atoms with Crippen molar-refractivity contribution < 1.29 is 14.6 Å². The van der Waals surface area contributed by atoms with Crippen LogP contribution in [-0.2, 0) is 4.74 Å². The van der Waals surface area contributed by atoms with Gasteiger partial charge >= 0.3 is 0 Å². The molecule has 1 aliphatic heterocycles. The minimum atomic E-state index is -0.226. The second kappa shape index (κ2) is 6.26. The molecule has 0 bridgehead atoms. The number of aliphatic hydroxyl groups is 1. The van der Waals surface area contributed by atoms with Gasteiger partial charge in [0.15, 0.2) is 0 Å². The third-order valence-corrected chi connectivity index (χ3v) is 3.94. The monoisotopic (exact) mass is 270 g/mol. The molecule has 0 aromatic carbocycles. The van der Waals surface area contributed by atoms with Crippen molar-refractivity contribution in [3.05, 3.63) is 16.1 Å². The number of nitrogens with zero attached hydrogens (tertiary/aromatic N) is 1. The molecule has 1 aromatic rings. The normalized spacial score (nSPS) is 20.9. The van der Waals surface area contributed by atoms with Gasteiger partial charge in [-0.2, -0.15) is 0 Å². The van der Waals surface area contributed by atoms with Crippen molar-refractivity contribution in [2.75, 3.05) is 13.2 Å². The molecule has 100 valence electrons. The molecule has 1 amide bonds. The molecule has 6 heteroatoms. The molecule has 1 aromatic heterocycles. The molecule has 18 heavy (non-hydrogen) atoms. The number of thiazole rings is 1.